The van der Waals surface area contributed by atoms with Crippen LogP contribution in [0.1, 0.15) is 24.3 Å². The van der Waals surface area contributed by atoms with Crippen LogP contribution in [0.3, 0.4) is 0 Å². The molecule has 0 bridgehead atoms. The Labute approximate surface area is 189 Å². The van der Waals surface area contributed by atoms with Gasteiger partial charge in [-0.25, -0.2) is 8.42 Å². The molecule has 1 N–H and O–H groups in total. The van der Waals surface area contributed by atoms with Crippen molar-refractivity contribution in [1.29, 1.82) is 0 Å². The quantitative estimate of drug-likeness (QED) is 0.579. The molecule has 1 amide bonds. The van der Waals surface area contributed by atoms with Crippen LogP contribution in [-0.2, 0) is 21.4 Å². The van der Waals surface area contributed by atoms with Crippen molar-refractivity contribution in [1.82, 2.24) is 19.8 Å². The summed E-state index contributed by atoms with van der Waals surface area (Å²) in [6.07, 6.45) is 1.25. The van der Waals surface area contributed by atoms with E-state index >= 15 is 0 Å². The molecule has 0 aliphatic carbocycles. The van der Waals surface area contributed by atoms with E-state index in [2.05, 4.69) is 15.5 Å². The molecule has 0 saturated carbocycles. The Kier molecular flexibility index (Phi) is 6.42. The Morgan fingerprint density at radius 1 is 1.39 bits per heavy atom. The molecular weight excluding hydrogens is 460 g/mol. The van der Waals surface area contributed by atoms with Gasteiger partial charge >= 0.3 is 0 Å². The maximum atomic E-state index is 13.2. The topological polar surface area (TPSA) is 105 Å². The summed E-state index contributed by atoms with van der Waals surface area (Å²) in [5.41, 5.74) is 1.41. The van der Waals surface area contributed by atoms with Crippen molar-refractivity contribution in [3.8, 4) is 11.4 Å². The Hall–Kier alpha value is -2.27. The van der Waals surface area contributed by atoms with Gasteiger partial charge in [0.2, 0.25) is 17.6 Å². The number of sulfonamides is 1. The summed E-state index contributed by atoms with van der Waals surface area (Å²) in [6, 6.07) is 8.84. The molecule has 31 heavy (non-hydrogen) atoms. The maximum Gasteiger partial charge on any atom is 0.252 e. The number of nitrogens with one attached hydrogen (secondary N) is 1. The van der Waals surface area contributed by atoms with E-state index < -0.39 is 15.9 Å². The zero-order chi connectivity index (χ0) is 22.0. The normalized spacial score (nSPS) is 17.5. The molecule has 1 aromatic carbocycles. The minimum Gasteiger partial charge on any atom is -0.352 e. The lowest BCUT2D eigenvalue weighted by Gasteiger charge is -2.30. The highest BCUT2D eigenvalue weighted by Crippen LogP contribution is 2.31. The molecule has 4 rings (SSSR count). The van der Waals surface area contributed by atoms with E-state index in [0.717, 1.165) is 16.9 Å². The number of carbonyl (C=O) groups is 1. The van der Waals surface area contributed by atoms with Crippen LogP contribution >= 0.6 is 22.9 Å². The molecule has 0 radical (unpaired) electrons. The average Bonchev–Trinajstić information content (AvgIpc) is 3.42. The van der Waals surface area contributed by atoms with Crippen molar-refractivity contribution in [2.45, 2.75) is 30.5 Å². The summed E-state index contributed by atoms with van der Waals surface area (Å²) in [5, 5.41) is 8.98. The summed E-state index contributed by atoms with van der Waals surface area (Å²) in [5.74, 6) is 0.178. The Bertz CT molecular complexity index is 1190. The third kappa shape index (κ3) is 4.82. The molecule has 3 heterocycles. The summed E-state index contributed by atoms with van der Waals surface area (Å²) < 4.78 is 32.8. The molecule has 3 aromatic rings. The predicted octanol–water partition coefficient (Wildman–Crippen LogP) is 3.48. The molecule has 164 valence electrons. The van der Waals surface area contributed by atoms with Crippen LogP contribution in [0.4, 0.5) is 0 Å². The van der Waals surface area contributed by atoms with Gasteiger partial charge in [-0.3, -0.25) is 4.79 Å². The third-order valence-corrected chi connectivity index (χ3v) is 8.77. The number of thiophene rings is 1. The lowest BCUT2D eigenvalue weighted by Crippen LogP contribution is -2.45. The number of amides is 1. The predicted molar refractivity (Wildman–Crippen MR) is 117 cm³/mol. The van der Waals surface area contributed by atoms with Gasteiger partial charge in [-0.1, -0.05) is 35.0 Å². The smallest absolute Gasteiger partial charge is 0.252 e. The number of aromatic nitrogens is 2. The molecule has 1 aliphatic heterocycles. The van der Waals surface area contributed by atoms with Gasteiger partial charge in [-0.2, -0.15) is 9.29 Å². The highest BCUT2D eigenvalue weighted by molar-refractivity contribution is 7.91. The van der Waals surface area contributed by atoms with Gasteiger partial charge in [0.1, 0.15) is 4.21 Å². The van der Waals surface area contributed by atoms with Gasteiger partial charge in [0.15, 0.2) is 0 Å². The van der Waals surface area contributed by atoms with E-state index in [4.69, 9.17) is 16.1 Å². The van der Waals surface area contributed by atoms with Crippen molar-refractivity contribution < 1.29 is 17.7 Å². The van der Waals surface area contributed by atoms with Crippen molar-refractivity contribution in [3.63, 3.8) is 0 Å². The van der Waals surface area contributed by atoms with Gasteiger partial charge in [0.25, 0.3) is 10.0 Å². The number of rotatable bonds is 6. The first-order valence-corrected chi connectivity index (χ1v) is 12.4. The van der Waals surface area contributed by atoms with Crippen LogP contribution in [0.25, 0.3) is 11.4 Å². The number of nitrogens with zero attached hydrogens (tertiary/aromatic N) is 3. The fourth-order valence-electron chi connectivity index (χ4n) is 3.46. The van der Waals surface area contributed by atoms with Gasteiger partial charge in [-0.15, -0.1) is 11.3 Å². The minimum absolute atomic E-state index is 0.144. The molecule has 1 aliphatic rings. The number of hydrogen-bond acceptors (Lipinski definition) is 7. The number of carbonyl (C=O) groups excluding carboxylic acids is 1. The summed E-state index contributed by atoms with van der Waals surface area (Å²) >= 11 is 7.25. The van der Waals surface area contributed by atoms with E-state index in [0.29, 0.717) is 48.2 Å². The van der Waals surface area contributed by atoms with E-state index in [1.54, 1.807) is 24.4 Å². The van der Waals surface area contributed by atoms with Crippen LogP contribution in [0.2, 0.25) is 5.02 Å². The van der Waals surface area contributed by atoms with Gasteiger partial charge in [-0.05, 0) is 30.5 Å². The second-order valence-electron chi connectivity index (χ2n) is 7.30. The summed E-state index contributed by atoms with van der Waals surface area (Å²) in [4.78, 5) is 16.8. The third-order valence-electron chi connectivity index (χ3n) is 5.12. The zero-order valence-corrected chi connectivity index (χ0v) is 19.1. The first kappa shape index (κ1) is 21.9. The lowest BCUT2D eigenvalue weighted by atomic mass is 9.99. The Balaban J connectivity index is 1.43. The van der Waals surface area contributed by atoms with Crippen LogP contribution in [0.5, 0.6) is 0 Å². The van der Waals surface area contributed by atoms with E-state index in [9.17, 15) is 13.2 Å². The molecule has 11 heteroatoms. The lowest BCUT2D eigenvalue weighted by molar-refractivity contribution is -0.126. The molecular formula is C20H21ClN4O4S2. The van der Waals surface area contributed by atoms with E-state index in [1.807, 2.05) is 18.2 Å². The van der Waals surface area contributed by atoms with E-state index in [-0.39, 0.29) is 16.7 Å². The first-order valence-electron chi connectivity index (χ1n) is 9.75. The Morgan fingerprint density at radius 3 is 2.94 bits per heavy atom. The fourth-order valence-corrected chi connectivity index (χ4v) is 6.49. The Morgan fingerprint density at radius 2 is 2.19 bits per heavy atom. The van der Waals surface area contributed by atoms with E-state index in [1.165, 1.54) is 4.31 Å². The monoisotopic (exact) mass is 480 g/mol. The second kappa shape index (κ2) is 9.07. The molecule has 1 atom stereocenters. The molecule has 1 unspecified atom stereocenters. The second-order valence-corrected chi connectivity index (χ2v) is 10.8. The highest BCUT2D eigenvalue weighted by Gasteiger charge is 2.34. The van der Waals surface area contributed by atoms with Gasteiger partial charge in [0.05, 0.1) is 5.92 Å². The number of piperidine rings is 1. The minimum atomic E-state index is -3.72. The van der Waals surface area contributed by atoms with Crippen molar-refractivity contribution in [2.75, 3.05) is 13.1 Å². The zero-order valence-electron chi connectivity index (χ0n) is 16.7. The number of aryl methyl sites for hydroxylation is 1. The van der Waals surface area contributed by atoms with Crippen molar-refractivity contribution >= 4 is 38.9 Å². The molecule has 8 nitrogen and oxygen atoms in total. The summed E-state index contributed by atoms with van der Waals surface area (Å²) in [7, 11) is -3.72. The maximum absolute atomic E-state index is 13.2. The highest BCUT2D eigenvalue weighted by atomic mass is 35.5. The van der Waals surface area contributed by atoms with Gasteiger partial charge in [0, 0.05) is 42.5 Å². The molecule has 2 aromatic heterocycles. The number of benzene rings is 1. The average molecular weight is 481 g/mol. The largest absolute Gasteiger partial charge is 0.352 e. The summed E-state index contributed by atoms with van der Waals surface area (Å²) in [6.45, 7) is 2.50. The first-order chi connectivity index (χ1) is 14.8. The standard InChI is InChI=1S/C20H21ClN4O4S2/c1-13-23-19(24-29-13)16-9-18(30-12-16)31(27,28)25-8-4-6-15(11-25)20(26)22-10-14-5-2-3-7-17(14)21/h2-3,5,7,9,12,15H,4,6,8,10-11H2,1H3,(H,22,26). The number of halogens is 1. The van der Waals surface area contributed by atoms with Crippen LogP contribution in [-0.4, -0.2) is 41.9 Å². The van der Waals surface area contributed by atoms with Crippen LogP contribution < -0.4 is 5.32 Å². The number of hydrogen-bond donors (Lipinski definition) is 1. The van der Waals surface area contributed by atoms with Crippen LogP contribution in [0.15, 0.2) is 44.4 Å². The van der Waals surface area contributed by atoms with Crippen molar-refractivity contribution in [3.05, 3.63) is 52.2 Å². The SMILES string of the molecule is Cc1nc(-c2csc(S(=O)(=O)N3CCCC(C(=O)NCc4ccccc4Cl)C3)c2)no1. The molecule has 1 fully saturated rings. The van der Waals surface area contributed by atoms with Crippen LogP contribution in [0, 0.1) is 12.8 Å². The molecule has 0 spiro atoms. The fraction of sp³-hybridized carbons (Fsp3) is 0.350. The van der Waals surface area contributed by atoms with Crippen molar-refractivity contribution in [2.24, 2.45) is 5.92 Å². The van der Waals surface area contributed by atoms with Gasteiger partial charge < -0.3 is 9.84 Å². The molecule has 1 saturated heterocycles.